The molecule has 0 fully saturated rings. The van der Waals surface area contributed by atoms with E-state index in [0.29, 0.717) is 17.0 Å². The second-order valence-electron chi connectivity index (χ2n) is 5.85. The van der Waals surface area contributed by atoms with Gasteiger partial charge in [0.1, 0.15) is 5.69 Å². The van der Waals surface area contributed by atoms with Crippen molar-refractivity contribution in [2.24, 2.45) is 0 Å². The smallest absolute Gasteiger partial charge is 0.357 e. The normalized spacial score (nSPS) is 10.3. The molecule has 0 saturated heterocycles. The van der Waals surface area contributed by atoms with Crippen molar-refractivity contribution in [2.75, 3.05) is 14.2 Å². The lowest BCUT2D eigenvalue weighted by atomic mass is 10.0. The average Bonchev–Trinajstić information content (AvgIpc) is 2.73. The Morgan fingerprint density at radius 3 is 2.11 bits per heavy atom. The third kappa shape index (κ3) is 3.84. The van der Waals surface area contributed by atoms with Gasteiger partial charge in [-0.05, 0) is 36.8 Å². The topological polar surface area (TPSA) is 78.4 Å². The van der Waals surface area contributed by atoms with Crippen LogP contribution in [0.1, 0.15) is 26.5 Å². The van der Waals surface area contributed by atoms with E-state index in [0.717, 1.165) is 11.1 Å². The summed E-state index contributed by atoms with van der Waals surface area (Å²) in [4.78, 5) is 32.7. The number of carbonyl (C=O) groups is 2. The molecular weight excluding hydrogens is 344 g/mol. The van der Waals surface area contributed by atoms with Crippen LogP contribution in [0.3, 0.4) is 0 Å². The molecule has 0 aliphatic heterocycles. The third-order valence-corrected chi connectivity index (χ3v) is 4.04. The van der Waals surface area contributed by atoms with E-state index in [2.05, 4.69) is 9.97 Å². The molecule has 0 saturated carbocycles. The molecule has 0 aliphatic carbocycles. The Labute approximate surface area is 156 Å². The fourth-order valence-corrected chi connectivity index (χ4v) is 2.62. The van der Waals surface area contributed by atoms with Crippen molar-refractivity contribution in [1.29, 1.82) is 0 Å². The highest BCUT2D eigenvalue weighted by atomic mass is 16.5. The first-order valence-electron chi connectivity index (χ1n) is 8.25. The summed E-state index contributed by atoms with van der Waals surface area (Å²) in [5.74, 6) is -1.09. The van der Waals surface area contributed by atoms with Crippen LogP contribution in [0.15, 0.2) is 54.6 Å². The van der Waals surface area contributed by atoms with Crippen LogP contribution in [0, 0.1) is 6.92 Å². The summed E-state index contributed by atoms with van der Waals surface area (Å²) in [5.41, 5.74) is 3.90. The van der Waals surface area contributed by atoms with Gasteiger partial charge in [0.05, 0.1) is 25.6 Å². The van der Waals surface area contributed by atoms with Crippen LogP contribution in [-0.4, -0.2) is 36.1 Å². The number of aryl methyl sites for hydroxylation is 1. The first kappa shape index (κ1) is 18.3. The monoisotopic (exact) mass is 362 g/mol. The van der Waals surface area contributed by atoms with Gasteiger partial charge in [-0.15, -0.1) is 0 Å². The fourth-order valence-electron chi connectivity index (χ4n) is 2.62. The van der Waals surface area contributed by atoms with Gasteiger partial charge in [-0.1, -0.05) is 35.9 Å². The number of benzene rings is 1. The molecule has 0 N–H and O–H groups in total. The van der Waals surface area contributed by atoms with E-state index in [1.54, 1.807) is 30.3 Å². The second kappa shape index (κ2) is 7.78. The van der Waals surface area contributed by atoms with E-state index in [9.17, 15) is 9.59 Å². The number of carbonyl (C=O) groups excluding carboxylic acids is 2. The SMILES string of the molecule is COC(=O)c1cccc(-c2ccc(-c3ccc(C)cc3)c(C(=O)OC)n2)n1. The first-order valence-corrected chi connectivity index (χ1v) is 8.25. The molecule has 1 aromatic carbocycles. The lowest BCUT2D eigenvalue weighted by Gasteiger charge is -2.10. The largest absolute Gasteiger partial charge is 0.464 e. The van der Waals surface area contributed by atoms with E-state index in [1.165, 1.54) is 14.2 Å². The number of pyridine rings is 2. The van der Waals surface area contributed by atoms with Gasteiger partial charge < -0.3 is 9.47 Å². The van der Waals surface area contributed by atoms with Crippen molar-refractivity contribution in [2.45, 2.75) is 6.92 Å². The standard InChI is InChI=1S/C21H18N2O4/c1-13-7-9-14(10-8-13)15-11-12-17(23-19(15)21(25)27-3)16-5-4-6-18(22-16)20(24)26-2/h4-12H,1-3H3. The Kier molecular flexibility index (Phi) is 5.26. The zero-order valence-electron chi connectivity index (χ0n) is 15.2. The summed E-state index contributed by atoms with van der Waals surface area (Å²) < 4.78 is 9.59. The molecule has 0 spiro atoms. The Balaban J connectivity index is 2.10. The van der Waals surface area contributed by atoms with Crippen molar-refractivity contribution in [3.05, 3.63) is 71.5 Å². The molecule has 27 heavy (non-hydrogen) atoms. The maximum absolute atomic E-state index is 12.3. The summed E-state index contributed by atoms with van der Waals surface area (Å²) in [7, 11) is 2.60. The summed E-state index contributed by atoms with van der Waals surface area (Å²) in [6.45, 7) is 1.99. The predicted molar refractivity (Wildman–Crippen MR) is 100 cm³/mol. The van der Waals surface area contributed by atoms with Crippen molar-refractivity contribution in [1.82, 2.24) is 9.97 Å². The molecule has 0 atom stereocenters. The van der Waals surface area contributed by atoms with Crippen LogP contribution in [0.25, 0.3) is 22.5 Å². The van der Waals surface area contributed by atoms with E-state index < -0.39 is 11.9 Å². The molecule has 0 unspecified atom stereocenters. The van der Waals surface area contributed by atoms with Gasteiger partial charge in [-0.25, -0.2) is 19.6 Å². The van der Waals surface area contributed by atoms with E-state index >= 15 is 0 Å². The van der Waals surface area contributed by atoms with Crippen LogP contribution in [0.4, 0.5) is 0 Å². The summed E-state index contributed by atoms with van der Waals surface area (Å²) in [6, 6.07) is 16.3. The van der Waals surface area contributed by atoms with Gasteiger partial charge in [-0.3, -0.25) is 0 Å². The molecule has 0 radical (unpaired) electrons. The van der Waals surface area contributed by atoms with Gasteiger partial charge in [0.15, 0.2) is 5.69 Å². The summed E-state index contributed by atoms with van der Waals surface area (Å²) in [6.07, 6.45) is 0. The van der Waals surface area contributed by atoms with E-state index in [1.807, 2.05) is 31.2 Å². The third-order valence-electron chi connectivity index (χ3n) is 4.04. The van der Waals surface area contributed by atoms with Crippen LogP contribution in [0.5, 0.6) is 0 Å². The second-order valence-corrected chi connectivity index (χ2v) is 5.85. The highest BCUT2D eigenvalue weighted by molar-refractivity contribution is 5.96. The van der Waals surface area contributed by atoms with E-state index in [4.69, 9.17) is 9.47 Å². The molecule has 2 aromatic heterocycles. The molecule has 3 rings (SSSR count). The number of aromatic nitrogens is 2. The summed E-state index contributed by atoms with van der Waals surface area (Å²) >= 11 is 0. The number of hydrogen-bond donors (Lipinski definition) is 0. The Hall–Kier alpha value is -3.54. The van der Waals surface area contributed by atoms with Gasteiger partial charge >= 0.3 is 11.9 Å². The maximum Gasteiger partial charge on any atom is 0.357 e. The van der Waals surface area contributed by atoms with Crippen molar-refractivity contribution in [3.8, 4) is 22.5 Å². The molecule has 6 nitrogen and oxygen atoms in total. The van der Waals surface area contributed by atoms with Crippen molar-refractivity contribution >= 4 is 11.9 Å². The van der Waals surface area contributed by atoms with E-state index in [-0.39, 0.29) is 11.4 Å². The molecule has 2 heterocycles. The summed E-state index contributed by atoms with van der Waals surface area (Å²) in [5, 5.41) is 0. The number of ether oxygens (including phenoxy) is 2. The van der Waals surface area contributed by atoms with Crippen LogP contribution in [-0.2, 0) is 9.47 Å². The number of hydrogen-bond acceptors (Lipinski definition) is 6. The fraction of sp³-hybridized carbons (Fsp3) is 0.143. The quantitative estimate of drug-likeness (QED) is 0.659. The Morgan fingerprint density at radius 2 is 1.44 bits per heavy atom. The number of nitrogens with zero attached hydrogens (tertiary/aromatic N) is 2. The molecule has 3 aromatic rings. The lowest BCUT2D eigenvalue weighted by Crippen LogP contribution is -2.09. The average molecular weight is 362 g/mol. The lowest BCUT2D eigenvalue weighted by molar-refractivity contribution is 0.0585. The maximum atomic E-state index is 12.3. The number of methoxy groups -OCH3 is 2. The minimum atomic E-state index is -0.545. The minimum Gasteiger partial charge on any atom is -0.464 e. The molecular formula is C21H18N2O4. The molecule has 6 heteroatoms. The number of rotatable bonds is 4. The van der Waals surface area contributed by atoms with Gasteiger partial charge in [0.2, 0.25) is 0 Å². The van der Waals surface area contributed by atoms with Gasteiger partial charge in [0.25, 0.3) is 0 Å². The molecule has 0 amide bonds. The highest BCUT2D eigenvalue weighted by Gasteiger charge is 2.18. The van der Waals surface area contributed by atoms with Crippen molar-refractivity contribution < 1.29 is 19.1 Å². The predicted octanol–water partition coefficient (Wildman–Crippen LogP) is 3.69. The Bertz CT molecular complexity index is 997. The van der Waals surface area contributed by atoms with Crippen molar-refractivity contribution in [3.63, 3.8) is 0 Å². The zero-order chi connectivity index (χ0) is 19.4. The molecule has 136 valence electrons. The minimum absolute atomic E-state index is 0.166. The van der Waals surface area contributed by atoms with Crippen LogP contribution >= 0.6 is 0 Å². The first-order chi connectivity index (χ1) is 13.0. The Morgan fingerprint density at radius 1 is 0.778 bits per heavy atom. The molecule has 0 aliphatic rings. The molecule has 0 bridgehead atoms. The number of esters is 2. The van der Waals surface area contributed by atoms with Gasteiger partial charge in [0, 0.05) is 5.56 Å². The van der Waals surface area contributed by atoms with Gasteiger partial charge in [-0.2, -0.15) is 0 Å². The van der Waals surface area contributed by atoms with Crippen LogP contribution in [0.2, 0.25) is 0 Å². The zero-order valence-corrected chi connectivity index (χ0v) is 15.2. The highest BCUT2D eigenvalue weighted by Crippen LogP contribution is 2.27. The van der Waals surface area contributed by atoms with Crippen LogP contribution < -0.4 is 0 Å².